The molecule has 0 fully saturated rings. The maximum absolute atomic E-state index is 12.6. The number of hydrogen-bond acceptors (Lipinski definition) is 4. The van der Waals surface area contributed by atoms with Crippen molar-refractivity contribution in [2.45, 2.75) is 45.9 Å². The van der Waals surface area contributed by atoms with Crippen molar-refractivity contribution in [1.82, 2.24) is 24.9 Å². The van der Waals surface area contributed by atoms with Gasteiger partial charge in [-0.3, -0.25) is 14.6 Å². The first kappa shape index (κ1) is 14.8. The van der Waals surface area contributed by atoms with Crippen molar-refractivity contribution in [1.29, 1.82) is 0 Å². The van der Waals surface area contributed by atoms with Gasteiger partial charge in [-0.05, 0) is 25.0 Å². The molecule has 0 aromatic carbocycles. The fourth-order valence-electron chi connectivity index (χ4n) is 2.80. The van der Waals surface area contributed by atoms with Gasteiger partial charge in [0.05, 0.1) is 24.5 Å². The SMILES string of the molecule is CCCc1cc(C(=O)N2CCCn3nc(CO)cc3C2)n[nH]1. The van der Waals surface area contributed by atoms with E-state index >= 15 is 0 Å². The lowest BCUT2D eigenvalue weighted by Gasteiger charge is -2.18. The molecule has 22 heavy (non-hydrogen) atoms. The third kappa shape index (κ3) is 2.89. The molecule has 0 atom stereocenters. The van der Waals surface area contributed by atoms with Gasteiger partial charge in [0.15, 0.2) is 0 Å². The smallest absolute Gasteiger partial charge is 0.274 e. The number of aromatic amines is 1. The van der Waals surface area contributed by atoms with Gasteiger partial charge in [0.2, 0.25) is 0 Å². The minimum absolute atomic E-state index is 0.0567. The average Bonchev–Trinajstić information content (AvgIpc) is 3.09. The van der Waals surface area contributed by atoms with E-state index in [1.807, 2.05) is 16.8 Å². The van der Waals surface area contributed by atoms with E-state index in [4.69, 9.17) is 0 Å². The van der Waals surface area contributed by atoms with Gasteiger partial charge in [0, 0.05) is 18.8 Å². The largest absolute Gasteiger partial charge is 0.390 e. The summed E-state index contributed by atoms with van der Waals surface area (Å²) in [4.78, 5) is 14.4. The second kappa shape index (κ2) is 6.31. The predicted octanol–water partition coefficient (Wildman–Crippen LogP) is 1.10. The van der Waals surface area contributed by atoms with Crippen LogP contribution in [0.15, 0.2) is 12.1 Å². The molecule has 0 unspecified atom stereocenters. The standard InChI is InChI=1S/C15H21N5O2/c1-2-4-11-8-14(17-16-11)15(22)19-5-3-6-20-13(9-19)7-12(10-21)18-20/h7-8,21H,2-6,9-10H2,1H3,(H,16,17). The number of aryl methyl sites for hydroxylation is 2. The first-order chi connectivity index (χ1) is 10.7. The zero-order valence-corrected chi connectivity index (χ0v) is 12.7. The fourth-order valence-corrected chi connectivity index (χ4v) is 2.80. The van der Waals surface area contributed by atoms with Crippen molar-refractivity contribution < 1.29 is 9.90 Å². The van der Waals surface area contributed by atoms with Gasteiger partial charge in [0.1, 0.15) is 5.69 Å². The Labute approximate surface area is 128 Å². The van der Waals surface area contributed by atoms with Gasteiger partial charge in [-0.25, -0.2) is 0 Å². The van der Waals surface area contributed by atoms with Crippen LogP contribution in [0, 0.1) is 0 Å². The summed E-state index contributed by atoms with van der Waals surface area (Å²) < 4.78 is 1.88. The first-order valence-electron chi connectivity index (χ1n) is 7.71. The topological polar surface area (TPSA) is 87.0 Å². The lowest BCUT2D eigenvalue weighted by molar-refractivity contribution is 0.0739. The van der Waals surface area contributed by atoms with Crippen molar-refractivity contribution >= 4 is 5.91 Å². The molecule has 2 N–H and O–H groups in total. The van der Waals surface area contributed by atoms with Crippen molar-refractivity contribution in [3.8, 4) is 0 Å². The Morgan fingerprint density at radius 1 is 1.41 bits per heavy atom. The molecule has 7 nitrogen and oxygen atoms in total. The molecule has 0 bridgehead atoms. The quantitative estimate of drug-likeness (QED) is 0.885. The minimum Gasteiger partial charge on any atom is -0.390 e. The van der Waals surface area contributed by atoms with Crippen LogP contribution in [-0.4, -0.2) is 42.4 Å². The molecule has 3 rings (SSSR count). The first-order valence-corrected chi connectivity index (χ1v) is 7.71. The maximum Gasteiger partial charge on any atom is 0.274 e. The van der Waals surface area contributed by atoms with Crippen LogP contribution in [-0.2, 0) is 26.1 Å². The van der Waals surface area contributed by atoms with Gasteiger partial charge < -0.3 is 10.0 Å². The summed E-state index contributed by atoms with van der Waals surface area (Å²) in [6.07, 6.45) is 2.76. The number of fused-ring (bicyclic) bond motifs is 1. The van der Waals surface area contributed by atoms with Crippen molar-refractivity contribution in [2.24, 2.45) is 0 Å². The van der Waals surface area contributed by atoms with Gasteiger partial charge in [-0.15, -0.1) is 0 Å². The van der Waals surface area contributed by atoms with Crippen LogP contribution in [0.4, 0.5) is 0 Å². The summed E-state index contributed by atoms with van der Waals surface area (Å²) >= 11 is 0. The lowest BCUT2D eigenvalue weighted by atomic mass is 10.2. The molecule has 118 valence electrons. The highest BCUT2D eigenvalue weighted by molar-refractivity contribution is 5.92. The van der Waals surface area contributed by atoms with Gasteiger partial charge in [0.25, 0.3) is 5.91 Å². The zero-order chi connectivity index (χ0) is 15.5. The molecule has 1 aliphatic heterocycles. The monoisotopic (exact) mass is 303 g/mol. The highest BCUT2D eigenvalue weighted by Crippen LogP contribution is 2.16. The molecule has 2 aromatic heterocycles. The van der Waals surface area contributed by atoms with E-state index in [2.05, 4.69) is 22.2 Å². The Bertz CT molecular complexity index is 661. The normalized spacial score (nSPS) is 14.7. The van der Waals surface area contributed by atoms with Crippen LogP contribution in [0.2, 0.25) is 0 Å². The number of nitrogens with one attached hydrogen (secondary N) is 1. The van der Waals surface area contributed by atoms with Gasteiger partial charge in [-0.2, -0.15) is 10.2 Å². The predicted molar refractivity (Wildman–Crippen MR) is 80.1 cm³/mol. The summed E-state index contributed by atoms with van der Waals surface area (Å²) in [6.45, 7) is 3.97. The van der Waals surface area contributed by atoms with Gasteiger partial charge >= 0.3 is 0 Å². The number of hydrogen-bond donors (Lipinski definition) is 2. The van der Waals surface area contributed by atoms with Crippen LogP contribution in [0.1, 0.15) is 47.3 Å². The van der Waals surface area contributed by atoms with E-state index in [-0.39, 0.29) is 12.5 Å². The molecule has 0 aliphatic carbocycles. The maximum atomic E-state index is 12.6. The molecule has 0 saturated carbocycles. The van der Waals surface area contributed by atoms with E-state index in [9.17, 15) is 9.90 Å². The fraction of sp³-hybridized carbons (Fsp3) is 0.533. The van der Waals surface area contributed by atoms with E-state index in [1.165, 1.54) is 0 Å². The lowest BCUT2D eigenvalue weighted by Crippen LogP contribution is -2.31. The number of amides is 1. The molecule has 7 heteroatoms. The molecule has 3 heterocycles. The zero-order valence-electron chi connectivity index (χ0n) is 12.7. The molecule has 0 radical (unpaired) electrons. The summed E-state index contributed by atoms with van der Waals surface area (Å²) in [5.74, 6) is -0.0567. The number of carbonyl (C=O) groups excluding carboxylic acids is 1. The third-order valence-corrected chi connectivity index (χ3v) is 3.88. The molecule has 2 aromatic rings. The number of rotatable bonds is 4. The number of carbonyl (C=O) groups is 1. The second-order valence-corrected chi connectivity index (χ2v) is 5.62. The number of aliphatic hydroxyl groups excluding tert-OH is 1. The van der Waals surface area contributed by atoms with Crippen LogP contribution in [0.3, 0.4) is 0 Å². The molecular formula is C15H21N5O2. The van der Waals surface area contributed by atoms with E-state index in [0.717, 1.165) is 37.2 Å². The summed E-state index contributed by atoms with van der Waals surface area (Å²) in [5.41, 5.74) is 3.07. The van der Waals surface area contributed by atoms with Crippen LogP contribution >= 0.6 is 0 Å². The van der Waals surface area contributed by atoms with Crippen molar-refractivity contribution in [3.05, 3.63) is 34.9 Å². The van der Waals surface area contributed by atoms with Crippen LogP contribution in [0.5, 0.6) is 0 Å². The highest BCUT2D eigenvalue weighted by atomic mass is 16.3. The number of H-pyrrole nitrogens is 1. The Balaban J connectivity index is 1.77. The molecule has 1 amide bonds. The molecule has 0 saturated heterocycles. The third-order valence-electron chi connectivity index (χ3n) is 3.88. The minimum atomic E-state index is -0.0757. The van der Waals surface area contributed by atoms with E-state index in [0.29, 0.717) is 24.5 Å². The Hall–Kier alpha value is -2.15. The summed E-state index contributed by atoms with van der Waals surface area (Å²) in [6, 6.07) is 3.70. The van der Waals surface area contributed by atoms with Gasteiger partial charge in [-0.1, -0.05) is 13.3 Å². The van der Waals surface area contributed by atoms with E-state index < -0.39 is 0 Å². The van der Waals surface area contributed by atoms with Crippen LogP contribution < -0.4 is 0 Å². The Kier molecular flexibility index (Phi) is 4.24. The van der Waals surface area contributed by atoms with Crippen molar-refractivity contribution in [3.63, 3.8) is 0 Å². The molecule has 0 spiro atoms. The molecule has 1 aliphatic rings. The number of aromatic nitrogens is 4. The van der Waals surface area contributed by atoms with Crippen LogP contribution in [0.25, 0.3) is 0 Å². The average molecular weight is 303 g/mol. The highest BCUT2D eigenvalue weighted by Gasteiger charge is 2.23. The Morgan fingerprint density at radius 3 is 3.05 bits per heavy atom. The second-order valence-electron chi connectivity index (χ2n) is 5.62. The molecular weight excluding hydrogens is 282 g/mol. The number of nitrogens with zero attached hydrogens (tertiary/aromatic N) is 4. The summed E-state index contributed by atoms with van der Waals surface area (Å²) in [7, 11) is 0. The summed E-state index contributed by atoms with van der Waals surface area (Å²) in [5, 5.41) is 20.6. The number of aliphatic hydroxyl groups is 1. The Morgan fingerprint density at radius 2 is 2.27 bits per heavy atom. The van der Waals surface area contributed by atoms with E-state index in [1.54, 1.807) is 4.90 Å². The van der Waals surface area contributed by atoms with Crippen molar-refractivity contribution in [2.75, 3.05) is 6.54 Å².